The van der Waals surface area contributed by atoms with E-state index < -0.39 is 0 Å². The van der Waals surface area contributed by atoms with E-state index in [1.54, 1.807) is 25.5 Å². The molecule has 0 spiro atoms. The van der Waals surface area contributed by atoms with Crippen LogP contribution in [-0.2, 0) is 0 Å². The van der Waals surface area contributed by atoms with Gasteiger partial charge in [-0.15, -0.1) is 0 Å². The van der Waals surface area contributed by atoms with E-state index in [0.29, 0.717) is 17.2 Å². The van der Waals surface area contributed by atoms with Crippen molar-refractivity contribution < 1.29 is 4.79 Å². The number of aromatic amines is 1. The van der Waals surface area contributed by atoms with Crippen LogP contribution in [0.3, 0.4) is 0 Å². The number of hydrogen-bond acceptors (Lipinski definition) is 4. The smallest absolute Gasteiger partial charge is 0.260 e. The third kappa shape index (κ3) is 2.18. The molecule has 0 unspecified atom stereocenters. The summed E-state index contributed by atoms with van der Waals surface area (Å²) in [6.45, 7) is 0. The lowest BCUT2D eigenvalue weighted by molar-refractivity contribution is 0.102. The van der Waals surface area contributed by atoms with E-state index in [-0.39, 0.29) is 5.91 Å². The van der Waals surface area contributed by atoms with Gasteiger partial charge in [0.05, 0.1) is 28.5 Å². The predicted octanol–water partition coefficient (Wildman–Crippen LogP) is 2.25. The second-order valence-corrected chi connectivity index (χ2v) is 4.23. The summed E-state index contributed by atoms with van der Waals surface area (Å²) in [6, 6.07) is 9.26. The summed E-state index contributed by atoms with van der Waals surface area (Å²) in [6.07, 6.45) is 3.18. The van der Waals surface area contributed by atoms with E-state index in [4.69, 9.17) is 0 Å². The molecule has 0 saturated heterocycles. The van der Waals surface area contributed by atoms with Gasteiger partial charge in [0.1, 0.15) is 0 Å². The number of carbonyl (C=O) groups is 1. The molecule has 0 radical (unpaired) electrons. The Balaban J connectivity index is 1.88. The molecule has 0 saturated carbocycles. The van der Waals surface area contributed by atoms with Gasteiger partial charge >= 0.3 is 0 Å². The van der Waals surface area contributed by atoms with Gasteiger partial charge in [0.25, 0.3) is 5.91 Å². The zero-order chi connectivity index (χ0) is 13.9. The highest BCUT2D eigenvalue weighted by Gasteiger charge is 2.12. The van der Waals surface area contributed by atoms with Crippen LogP contribution in [0.1, 0.15) is 10.4 Å². The number of amides is 1. The molecule has 0 atom stereocenters. The zero-order valence-corrected chi connectivity index (χ0v) is 10.8. The maximum absolute atomic E-state index is 12.2. The Bertz CT molecular complexity index is 732. The Morgan fingerprint density at radius 2 is 2.10 bits per heavy atom. The molecule has 20 heavy (non-hydrogen) atoms. The minimum absolute atomic E-state index is 0.240. The maximum atomic E-state index is 12.2. The van der Waals surface area contributed by atoms with Gasteiger partial charge in [0, 0.05) is 13.2 Å². The second kappa shape index (κ2) is 5.00. The lowest BCUT2D eigenvalue weighted by atomic mass is 10.2. The van der Waals surface area contributed by atoms with Crippen molar-refractivity contribution in [2.45, 2.75) is 0 Å². The highest BCUT2D eigenvalue weighted by Crippen LogP contribution is 2.16. The number of benzene rings is 1. The highest BCUT2D eigenvalue weighted by atomic mass is 16.1. The number of anilines is 2. The second-order valence-electron chi connectivity index (χ2n) is 4.23. The van der Waals surface area contributed by atoms with Gasteiger partial charge in [-0.3, -0.25) is 15.1 Å². The summed E-state index contributed by atoms with van der Waals surface area (Å²) in [5.41, 5.74) is 2.88. The van der Waals surface area contributed by atoms with Crippen LogP contribution in [0, 0.1) is 0 Å². The first-order chi connectivity index (χ1) is 9.78. The first-order valence-corrected chi connectivity index (χ1v) is 6.16. The largest absolute Gasteiger partial charge is 0.386 e. The van der Waals surface area contributed by atoms with Crippen molar-refractivity contribution in [3.8, 4) is 0 Å². The fourth-order valence-corrected chi connectivity index (χ4v) is 1.98. The van der Waals surface area contributed by atoms with Crippen molar-refractivity contribution in [2.75, 3.05) is 17.7 Å². The summed E-state index contributed by atoms with van der Waals surface area (Å²) < 4.78 is 0. The Kier molecular flexibility index (Phi) is 3.04. The number of carbonyl (C=O) groups excluding carboxylic acids is 1. The predicted molar refractivity (Wildman–Crippen MR) is 77.8 cm³/mol. The van der Waals surface area contributed by atoms with Crippen molar-refractivity contribution in [3.63, 3.8) is 0 Å². The first kappa shape index (κ1) is 12.2. The van der Waals surface area contributed by atoms with Gasteiger partial charge < -0.3 is 10.3 Å². The SMILES string of the molecule is CNc1cnccc1C(=O)Nc1nc2ccccc2[nH]1. The molecule has 0 aliphatic rings. The number of para-hydroxylation sites is 2. The van der Waals surface area contributed by atoms with Crippen LogP contribution in [0.15, 0.2) is 42.7 Å². The molecular formula is C14H13N5O. The van der Waals surface area contributed by atoms with E-state index in [2.05, 4.69) is 25.6 Å². The van der Waals surface area contributed by atoms with Crippen LogP contribution in [0.25, 0.3) is 11.0 Å². The normalized spacial score (nSPS) is 10.4. The molecule has 1 amide bonds. The standard InChI is InChI=1S/C14H13N5O/c1-15-12-8-16-7-6-9(12)13(20)19-14-17-10-4-2-3-5-11(10)18-14/h2-8,15H,1H3,(H2,17,18,19,20). The van der Waals surface area contributed by atoms with Crippen LogP contribution < -0.4 is 10.6 Å². The minimum Gasteiger partial charge on any atom is -0.386 e. The Hall–Kier alpha value is -2.89. The number of fused-ring (bicyclic) bond motifs is 1. The third-order valence-electron chi connectivity index (χ3n) is 2.96. The molecule has 100 valence electrons. The summed E-state index contributed by atoms with van der Waals surface area (Å²) in [4.78, 5) is 23.6. The Morgan fingerprint density at radius 1 is 1.25 bits per heavy atom. The number of rotatable bonds is 3. The van der Waals surface area contributed by atoms with Crippen molar-refractivity contribution in [1.82, 2.24) is 15.0 Å². The number of nitrogens with zero attached hydrogens (tertiary/aromatic N) is 2. The van der Waals surface area contributed by atoms with Crippen molar-refractivity contribution in [2.24, 2.45) is 0 Å². The summed E-state index contributed by atoms with van der Waals surface area (Å²) in [7, 11) is 1.75. The summed E-state index contributed by atoms with van der Waals surface area (Å²) >= 11 is 0. The van der Waals surface area contributed by atoms with Gasteiger partial charge in [-0.25, -0.2) is 4.98 Å². The molecule has 0 aliphatic heterocycles. The summed E-state index contributed by atoms with van der Waals surface area (Å²) in [5.74, 6) is 0.186. The topological polar surface area (TPSA) is 82.7 Å². The van der Waals surface area contributed by atoms with Crippen molar-refractivity contribution in [3.05, 3.63) is 48.3 Å². The van der Waals surface area contributed by atoms with Gasteiger partial charge in [-0.1, -0.05) is 12.1 Å². The number of aromatic nitrogens is 3. The van der Waals surface area contributed by atoms with Crippen molar-refractivity contribution in [1.29, 1.82) is 0 Å². The minimum atomic E-state index is -0.240. The van der Waals surface area contributed by atoms with Gasteiger partial charge in [-0.05, 0) is 18.2 Å². The van der Waals surface area contributed by atoms with Crippen LogP contribution in [0.4, 0.5) is 11.6 Å². The van der Waals surface area contributed by atoms with Crippen LogP contribution in [0.5, 0.6) is 0 Å². The quantitative estimate of drug-likeness (QED) is 0.679. The monoisotopic (exact) mass is 267 g/mol. The lowest BCUT2D eigenvalue weighted by Gasteiger charge is -2.07. The molecular weight excluding hydrogens is 254 g/mol. The van der Waals surface area contributed by atoms with E-state index in [1.165, 1.54) is 0 Å². The van der Waals surface area contributed by atoms with Gasteiger partial charge in [-0.2, -0.15) is 0 Å². The van der Waals surface area contributed by atoms with Crippen LogP contribution >= 0.6 is 0 Å². The molecule has 1 aromatic carbocycles. The molecule has 6 nitrogen and oxygen atoms in total. The molecule has 2 aromatic heterocycles. The zero-order valence-electron chi connectivity index (χ0n) is 10.8. The fourth-order valence-electron chi connectivity index (χ4n) is 1.98. The highest BCUT2D eigenvalue weighted by molar-refractivity contribution is 6.07. The summed E-state index contributed by atoms with van der Waals surface area (Å²) in [5, 5.41) is 5.68. The molecule has 3 aromatic rings. The van der Waals surface area contributed by atoms with E-state index in [9.17, 15) is 4.79 Å². The Labute approximate surface area is 115 Å². The molecule has 6 heteroatoms. The van der Waals surface area contributed by atoms with Crippen LogP contribution in [-0.4, -0.2) is 27.9 Å². The number of H-pyrrole nitrogens is 1. The molecule has 0 bridgehead atoms. The number of pyridine rings is 1. The lowest BCUT2D eigenvalue weighted by Crippen LogP contribution is -2.15. The molecule has 2 heterocycles. The van der Waals surface area contributed by atoms with Gasteiger partial charge in [0.15, 0.2) is 0 Å². The number of hydrogen-bond donors (Lipinski definition) is 3. The van der Waals surface area contributed by atoms with Crippen LogP contribution in [0.2, 0.25) is 0 Å². The van der Waals surface area contributed by atoms with Crippen molar-refractivity contribution >= 4 is 28.6 Å². The van der Waals surface area contributed by atoms with E-state index >= 15 is 0 Å². The average Bonchev–Trinajstić information content (AvgIpc) is 2.89. The first-order valence-electron chi connectivity index (χ1n) is 6.16. The maximum Gasteiger partial charge on any atom is 0.260 e. The fraction of sp³-hybridized carbons (Fsp3) is 0.0714. The number of nitrogens with one attached hydrogen (secondary N) is 3. The van der Waals surface area contributed by atoms with E-state index in [1.807, 2.05) is 24.3 Å². The molecule has 3 rings (SSSR count). The third-order valence-corrected chi connectivity index (χ3v) is 2.96. The average molecular weight is 267 g/mol. The molecule has 0 aliphatic carbocycles. The van der Waals surface area contributed by atoms with E-state index in [0.717, 1.165) is 11.0 Å². The van der Waals surface area contributed by atoms with Gasteiger partial charge in [0.2, 0.25) is 5.95 Å². The molecule has 3 N–H and O–H groups in total. The number of imidazole rings is 1. The molecule has 0 fully saturated rings. The Morgan fingerprint density at radius 3 is 2.90 bits per heavy atom.